The molecule has 1 saturated heterocycles. The van der Waals surface area contributed by atoms with Crippen LogP contribution in [0.25, 0.3) is 0 Å². The number of rotatable bonds is 7. The van der Waals surface area contributed by atoms with Crippen LogP contribution in [0, 0.1) is 13.8 Å². The molecule has 1 unspecified atom stereocenters. The molecule has 7 heteroatoms. The van der Waals surface area contributed by atoms with Crippen molar-refractivity contribution < 1.29 is 14.3 Å². The Balaban J connectivity index is 1.42. The molecule has 2 aromatic rings. The monoisotopic (exact) mass is 413 g/mol. The zero-order valence-electron chi connectivity index (χ0n) is 16.8. The van der Waals surface area contributed by atoms with Gasteiger partial charge in [0.05, 0.1) is 11.9 Å². The highest BCUT2D eigenvalue weighted by atomic mass is 32.2. The van der Waals surface area contributed by atoms with E-state index < -0.39 is 0 Å². The van der Waals surface area contributed by atoms with Gasteiger partial charge in [-0.25, -0.2) is 4.79 Å². The molecule has 1 atom stereocenters. The van der Waals surface area contributed by atoms with Crippen LogP contribution in [0.3, 0.4) is 0 Å². The minimum atomic E-state index is -0.262. The third-order valence-electron chi connectivity index (χ3n) is 4.64. The van der Waals surface area contributed by atoms with E-state index in [0.29, 0.717) is 23.7 Å². The van der Waals surface area contributed by atoms with E-state index in [2.05, 4.69) is 34.1 Å². The molecular formula is C22H27N3O3S. The summed E-state index contributed by atoms with van der Waals surface area (Å²) in [6.45, 7) is 5.37. The van der Waals surface area contributed by atoms with Crippen molar-refractivity contribution in [1.82, 2.24) is 5.32 Å². The lowest BCUT2D eigenvalue weighted by molar-refractivity contribution is -0.113. The summed E-state index contributed by atoms with van der Waals surface area (Å²) in [5.74, 6) is 0.279. The maximum Gasteiger partial charge on any atom is 0.319 e. The Hall–Kier alpha value is -2.51. The molecule has 154 valence electrons. The van der Waals surface area contributed by atoms with Crippen molar-refractivity contribution in [3.63, 3.8) is 0 Å². The van der Waals surface area contributed by atoms with E-state index in [4.69, 9.17) is 4.74 Å². The van der Waals surface area contributed by atoms with Gasteiger partial charge in [0, 0.05) is 29.4 Å². The number of carbonyl (C=O) groups excluding carboxylic acids is 2. The van der Waals surface area contributed by atoms with Crippen molar-refractivity contribution >= 4 is 35.1 Å². The van der Waals surface area contributed by atoms with Crippen LogP contribution < -0.4 is 16.0 Å². The molecule has 2 aromatic carbocycles. The summed E-state index contributed by atoms with van der Waals surface area (Å²) in [7, 11) is 0. The van der Waals surface area contributed by atoms with Gasteiger partial charge in [0.1, 0.15) is 0 Å². The Morgan fingerprint density at radius 3 is 2.48 bits per heavy atom. The second-order valence-corrected chi connectivity index (χ2v) is 8.17. The van der Waals surface area contributed by atoms with Crippen molar-refractivity contribution in [1.29, 1.82) is 0 Å². The van der Waals surface area contributed by atoms with Crippen molar-refractivity contribution in [3.8, 4) is 0 Å². The zero-order valence-corrected chi connectivity index (χ0v) is 17.6. The molecule has 6 nitrogen and oxygen atoms in total. The zero-order chi connectivity index (χ0) is 20.6. The summed E-state index contributed by atoms with van der Waals surface area (Å²) in [6, 6.07) is 13.0. The molecule has 1 aliphatic rings. The molecule has 1 aliphatic heterocycles. The van der Waals surface area contributed by atoms with Crippen molar-refractivity contribution in [3.05, 3.63) is 53.6 Å². The van der Waals surface area contributed by atoms with Crippen LogP contribution >= 0.6 is 11.8 Å². The standard InChI is InChI=1S/C22H27N3O3S/c1-15-5-6-16(2)20(12-15)29-14-21(26)24-17-7-9-18(10-8-17)25-22(27)23-13-19-4-3-11-28-19/h5-10,12,19H,3-4,11,13-14H2,1-2H3,(H,24,26)(H2,23,25,27). The minimum absolute atomic E-state index is 0.0640. The summed E-state index contributed by atoms with van der Waals surface area (Å²) < 4.78 is 5.48. The van der Waals surface area contributed by atoms with E-state index in [1.54, 1.807) is 24.3 Å². The number of amides is 3. The SMILES string of the molecule is Cc1ccc(C)c(SCC(=O)Nc2ccc(NC(=O)NCC3CCCO3)cc2)c1. The first kappa shape index (κ1) is 21.2. The number of thioether (sulfide) groups is 1. The van der Waals surface area contributed by atoms with Gasteiger partial charge in [-0.3, -0.25) is 4.79 Å². The molecule has 1 fully saturated rings. The molecule has 0 aliphatic carbocycles. The molecule has 3 amide bonds. The molecule has 3 N–H and O–H groups in total. The number of benzene rings is 2. The number of anilines is 2. The maximum absolute atomic E-state index is 12.2. The lowest BCUT2D eigenvalue weighted by atomic mass is 10.2. The average molecular weight is 414 g/mol. The Labute approximate surface area is 175 Å². The highest BCUT2D eigenvalue weighted by molar-refractivity contribution is 8.00. The largest absolute Gasteiger partial charge is 0.376 e. The topological polar surface area (TPSA) is 79.5 Å². The molecule has 0 saturated carbocycles. The van der Waals surface area contributed by atoms with Gasteiger partial charge in [-0.1, -0.05) is 17.7 Å². The van der Waals surface area contributed by atoms with E-state index in [-0.39, 0.29) is 18.0 Å². The number of hydrogen-bond acceptors (Lipinski definition) is 4. The van der Waals surface area contributed by atoms with E-state index in [1.807, 2.05) is 13.8 Å². The normalized spacial score (nSPS) is 15.7. The number of urea groups is 1. The van der Waals surface area contributed by atoms with Gasteiger partial charge < -0.3 is 20.7 Å². The van der Waals surface area contributed by atoms with Gasteiger partial charge in [0.25, 0.3) is 0 Å². The first-order chi connectivity index (χ1) is 14.0. The molecular weight excluding hydrogens is 386 g/mol. The van der Waals surface area contributed by atoms with E-state index in [0.717, 1.165) is 24.3 Å². The average Bonchev–Trinajstić information content (AvgIpc) is 3.22. The summed E-state index contributed by atoms with van der Waals surface area (Å²) >= 11 is 1.53. The van der Waals surface area contributed by atoms with Crippen LogP contribution in [-0.2, 0) is 9.53 Å². The Morgan fingerprint density at radius 1 is 1.07 bits per heavy atom. The fraction of sp³-hybridized carbons (Fsp3) is 0.364. The predicted molar refractivity (Wildman–Crippen MR) is 118 cm³/mol. The van der Waals surface area contributed by atoms with E-state index in [9.17, 15) is 9.59 Å². The second kappa shape index (κ2) is 10.3. The van der Waals surface area contributed by atoms with Gasteiger partial charge in [0.15, 0.2) is 0 Å². The first-order valence-corrected chi connectivity index (χ1v) is 10.7. The molecule has 3 rings (SSSR count). The number of ether oxygens (including phenoxy) is 1. The van der Waals surface area contributed by atoms with E-state index >= 15 is 0 Å². The van der Waals surface area contributed by atoms with Crippen molar-refractivity contribution in [2.24, 2.45) is 0 Å². The van der Waals surface area contributed by atoms with Crippen molar-refractivity contribution in [2.75, 3.05) is 29.5 Å². The summed E-state index contributed by atoms with van der Waals surface area (Å²) in [6.07, 6.45) is 2.14. The first-order valence-electron chi connectivity index (χ1n) is 9.76. The number of aryl methyl sites for hydroxylation is 2. The van der Waals surface area contributed by atoms with Crippen LogP contribution in [0.5, 0.6) is 0 Å². The second-order valence-electron chi connectivity index (χ2n) is 7.15. The fourth-order valence-electron chi connectivity index (χ4n) is 3.03. The predicted octanol–water partition coefficient (Wildman–Crippen LogP) is 4.33. The maximum atomic E-state index is 12.2. The Morgan fingerprint density at radius 2 is 1.79 bits per heavy atom. The molecule has 0 bridgehead atoms. The minimum Gasteiger partial charge on any atom is -0.376 e. The molecule has 0 spiro atoms. The smallest absolute Gasteiger partial charge is 0.319 e. The summed E-state index contributed by atoms with van der Waals surface area (Å²) in [4.78, 5) is 25.3. The lowest BCUT2D eigenvalue weighted by Gasteiger charge is -2.12. The number of carbonyl (C=O) groups is 2. The van der Waals surface area contributed by atoms with Gasteiger partial charge in [-0.05, 0) is 62.6 Å². The van der Waals surface area contributed by atoms with Crippen LogP contribution in [0.15, 0.2) is 47.4 Å². The molecule has 29 heavy (non-hydrogen) atoms. The van der Waals surface area contributed by atoms with Crippen LogP contribution in [0.1, 0.15) is 24.0 Å². The van der Waals surface area contributed by atoms with Crippen molar-refractivity contribution in [2.45, 2.75) is 37.7 Å². The van der Waals surface area contributed by atoms with Crippen LogP contribution in [-0.4, -0.2) is 36.9 Å². The third kappa shape index (κ3) is 6.80. The highest BCUT2D eigenvalue weighted by Gasteiger charge is 2.16. The lowest BCUT2D eigenvalue weighted by Crippen LogP contribution is -2.35. The third-order valence-corrected chi connectivity index (χ3v) is 5.80. The fourth-order valence-corrected chi connectivity index (χ4v) is 3.95. The highest BCUT2D eigenvalue weighted by Crippen LogP contribution is 2.24. The summed E-state index contributed by atoms with van der Waals surface area (Å²) in [5.41, 5.74) is 3.71. The summed E-state index contributed by atoms with van der Waals surface area (Å²) in [5, 5.41) is 8.48. The van der Waals surface area contributed by atoms with Crippen LogP contribution in [0.2, 0.25) is 0 Å². The molecule has 0 radical (unpaired) electrons. The van der Waals surface area contributed by atoms with Gasteiger partial charge in [-0.15, -0.1) is 11.8 Å². The Bertz CT molecular complexity index is 849. The van der Waals surface area contributed by atoms with Gasteiger partial charge >= 0.3 is 6.03 Å². The number of nitrogens with one attached hydrogen (secondary N) is 3. The number of hydrogen-bond donors (Lipinski definition) is 3. The quantitative estimate of drug-likeness (QED) is 0.590. The van der Waals surface area contributed by atoms with Gasteiger partial charge in [0.2, 0.25) is 5.91 Å². The van der Waals surface area contributed by atoms with Gasteiger partial charge in [-0.2, -0.15) is 0 Å². The van der Waals surface area contributed by atoms with Crippen LogP contribution in [0.4, 0.5) is 16.2 Å². The Kier molecular flexibility index (Phi) is 7.55. The molecule has 1 heterocycles. The molecule has 0 aromatic heterocycles. The van der Waals surface area contributed by atoms with E-state index in [1.165, 1.54) is 22.9 Å².